The molecule has 1 aromatic rings. The van der Waals surface area contributed by atoms with Gasteiger partial charge in [-0.25, -0.2) is 0 Å². The van der Waals surface area contributed by atoms with Gasteiger partial charge in [-0.1, -0.05) is 5.16 Å². The molecular formula is C17H27N3O4. The van der Waals surface area contributed by atoms with Crippen LogP contribution in [0.5, 0.6) is 0 Å². The van der Waals surface area contributed by atoms with Crippen molar-refractivity contribution in [3.8, 4) is 0 Å². The van der Waals surface area contributed by atoms with Crippen molar-refractivity contribution in [2.24, 2.45) is 0 Å². The largest absolute Gasteiger partial charge is 0.371 e. The Morgan fingerprint density at radius 2 is 2.38 bits per heavy atom. The first-order valence-corrected chi connectivity index (χ1v) is 8.56. The first-order valence-electron chi connectivity index (χ1n) is 8.56. The lowest BCUT2D eigenvalue weighted by molar-refractivity contribution is -0.135. The van der Waals surface area contributed by atoms with Gasteiger partial charge in [0.1, 0.15) is 12.4 Å². The minimum atomic E-state index is -0.150. The number of aryl methyl sites for hydroxylation is 1. The molecule has 2 saturated heterocycles. The maximum Gasteiger partial charge on any atom is 0.248 e. The van der Waals surface area contributed by atoms with E-state index in [4.69, 9.17) is 14.0 Å². The quantitative estimate of drug-likeness (QED) is 0.804. The van der Waals surface area contributed by atoms with Crippen molar-refractivity contribution >= 4 is 5.91 Å². The number of piperidine rings is 1. The molecule has 1 aromatic heterocycles. The fourth-order valence-electron chi connectivity index (χ4n) is 3.56. The third-order valence-electron chi connectivity index (χ3n) is 4.80. The van der Waals surface area contributed by atoms with Crippen molar-refractivity contribution < 1.29 is 18.8 Å². The molecule has 0 bridgehead atoms. The lowest BCUT2D eigenvalue weighted by atomic mass is 9.89. The average molecular weight is 337 g/mol. The van der Waals surface area contributed by atoms with Gasteiger partial charge >= 0.3 is 0 Å². The van der Waals surface area contributed by atoms with Gasteiger partial charge in [0.05, 0.1) is 24.0 Å². The molecule has 134 valence electrons. The van der Waals surface area contributed by atoms with Gasteiger partial charge in [0.25, 0.3) is 0 Å². The molecule has 0 N–H and O–H groups in total. The molecule has 7 nitrogen and oxygen atoms in total. The van der Waals surface area contributed by atoms with E-state index in [1.165, 1.54) is 0 Å². The SMILES string of the molecule is Cc1cc(CN2CCC[C@]3(C[C@H](OCC(=O)N(C)C)CO3)C2)no1. The van der Waals surface area contributed by atoms with E-state index < -0.39 is 0 Å². The Morgan fingerprint density at radius 3 is 3.08 bits per heavy atom. The lowest BCUT2D eigenvalue weighted by Gasteiger charge is -2.39. The van der Waals surface area contributed by atoms with E-state index in [1.54, 1.807) is 19.0 Å². The fraction of sp³-hybridized carbons (Fsp3) is 0.765. The van der Waals surface area contributed by atoms with Gasteiger partial charge in [-0.3, -0.25) is 9.69 Å². The maximum atomic E-state index is 11.7. The molecule has 3 heterocycles. The van der Waals surface area contributed by atoms with Gasteiger partial charge in [-0.15, -0.1) is 0 Å². The second kappa shape index (κ2) is 7.21. The molecule has 1 amide bonds. The van der Waals surface area contributed by atoms with E-state index >= 15 is 0 Å². The van der Waals surface area contributed by atoms with Crippen LogP contribution >= 0.6 is 0 Å². The number of ether oxygens (including phenoxy) is 2. The number of rotatable bonds is 5. The average Bonchev–Trinajstić information content (AvgIpc) is 3.11. The topological polar surface area (TPSA) is 68.0 Å². The van der Waals surface area contributed by atoms with Gasteiger partial charge in [-0.05, 0) is 26.3 Å². The number of aromatic nitrogens is 1. The highest BCUT2D eigenvalue weighted by molar-refractivity contribution is 5.76. The third kappa shape index (κ3) is 4.15. The van der Waals surface area contributed by atoms with E-state index in [0.29, 0.717) is 6.61 Å². The number of nitrogens with zero attached hydrogens (tertiary/aromatic N) is 3. The standard InChI is InChI=1S/C17H27N3O4/c1-13-7-14(18-24-13)9-20-6-4-5-17(12-20)8-15(10-23-17)22-11-16(21)19(2)3/h7,15H,4-6,8-12H2,1-3H3/t15-,17-/m0/s1. The van der Waals surface area contributed by atoms with E-state index in [-0.39, 0.29) is 24.2 Å². The number of hydrogen-bond acceptors (Lipinski definition) is 6. The highest BCUT2D eigenvalue weighted by atomic mass is 16.6. The first kappa shape index (κ1) is 17.4. The summed E-state index contributed by atoms with van der Waals surface area (Å²) in [5, 5.41) is 4.08. The number of likely N-dealkylation sites (tertiary alicyclic amines) is 1. The van der Waals surface area contributed by atoms with Gasteiger partial charge in [-0.2, -0.15) is 0 Å². The third-order valence-corrected chi connectivity index (χ3v) is 4.80. The smallest absolute Gasteiger partial charge is 0.248 e. The molecule has 0 aromatic carbocycles. The van der Waals surface area contributed by atoms with Crippen molar-refractivity contribution in [2.45, 2.75) is 44.4 Å². The van der Waals surface area contributed by atoms with E-state index in [0.717, 1.165) is 50.4 Å². The normalized spacial score (nSPS) is 27.7. The predicted octanol–water partition coefficient (Wildman–Crippen LogP) is 1.21. The summed E-state index contributed by atoms with van der Waals surface area (Å²) in [6.07, 6.45) is 2.99. The number of carbonyl (C=O) groups excluding carboxylic acids is 1. The minimum absolute atomic E-state index is 0.00291. The van der Waals surface area contributed by atoms with E-state index in [9.17, 15) is 4.79 Å². The van der Waals surface area contributed by atoms with Gasteiger partial charge in [0, 0.05) is 39.7 Å². The molecule has 0 radical (unpaired) electrons. The highest BCUT2D eigenvalue weighted by Gasteiger charge is 2.44. The number of hydrogen-bond donors (Lipinski definition) is 0. The zero-order chi connectivity index (χ0) is 17.2. The molecule has 0 aliphatic carbocycles. The Hall–Kier alpha value is -1.44. The summed E-state index contributed by atoms with van der Waals surface area (Å²) in [4.78, 5) is 15.6. The van der Waals surface area contributed by atoms with Crippen LogP contribution in [0.4, 0.5) is 0 Å². The molecule has 3 rings (SSSR count). The predicted molar refractivity (Wildman–Crippen MR) is 87.5 cm³/mol. The summed E-state index contributed by atoms with van der Waals surface area (Å²) < 4.78 is 17.0. The van der Waals surface area contributed by atoms with Crippen molar-refractivity contribution in [2.75, 3.05) is 40.4 Å². The Bertz CT molecular complexity index is 574. The van der Waals surface area contributed by atoms with Crippen LogP contribution < -0.4 is 0 Å². The Labute approximate surface area is 142 Å². The van der Waals surface area contributed by atoms with Crippen LogP contribution in [0.25, 0.3) is 0 Å². The van der Waals surface area contributed by atoms with Crippen LogP contribution in [0, 0.1) is 6.92 Å². The first-order chi connectivity index (χ1) is 11.5. The van der Waals surface area contributed by atoms with E-state index in [1.807, 2.05) is 13.0 Å². The molecule has 7 heteroatoms. The van der Waals surface area contributed by atoms with Crippen molar-refractivity contribution in [3.05, 3.63) is 17.5 Å². The molecule has 2 aliphatic rings. The molecule has 0 saturated carbocycles. The monoisotopic (exact) mass is 337 g/mol. The summed E-state index contributed by atoms with van der Waals surface area (Å²) in [5.41, 5.74) is 0.815. The molecule has 1 spiro atoms. The van der Waals surface area contributed by atoms with Crippen LogP contribution in [0.1, 0.15) is 30.7 Å². The summed E-state index contributed by atoms with van der Waals surface area (Å²) in [5.74, 6) is 0.829. The van der Waals surface area contributed by atoms with Crippen LogP contribution in [0.2, 0.25) is 0 Å². The van der Waals surface area contributed by atoms with Crippen LogP contribution in [0.3, 0.4) is 0 Å². The molecule has 2 aliphatic heterocycles. The second-order valence-electron chi connectivity index (χ2n) is 7.16. The summed E-state index contributed by atoms with van der Waals surface area (Å²) in [6, 6.07) is 1.98. The molecule has 2 fully saturated rings. The van der Waals surface area contributed by atoms with Crippen LogP contribution in [-0.2, 0) is 20.8 Å². The van der Waals surface area contributed by atoms with Crippen molar-refractivity contribution in [1.82, 2.24) is 15.0 Å². The number of likely N-dealkylation sites (N-methyl/N-ethyl adjacent to an activating group) is 1. The number of amides is 1. The fourth-order valence-corrected chi connectivity index (χ4v) is 3.56. The summed E-state index contributed by atoms with van der Waals surface area (Å²) in [6.45, 7) is 5.30. The number of carbonyl (C=O) groups is 1. The summed E-state index contributed by atoms with van der Waals surface area (Å²) in [7, 11) is 3.48. The van der Waals surface area contributed by atoms with Crippen LogP contribution in [-0.4, -0.2) is 73.0 Å². The molecule has 0 unspecified atom stereocenters. The van der Waals surface area contributed by atoms with E-state index in [2.05, 4.69) is 10.1 Å². The van der Waals surface area contributed by atoms with Gasteiger partial charge < -0.3 is 18.9 Å². The van der Waals surface area contributed by atoms with Crippen molar-refractivity contribution in [1.29, 1.82) is 0 Å². The Balaban J connectivity index is 1.51. The summed E-state index contributed by atoms with van der Waals surface area (Å²) >= 11 is 0. The molecule has 2 atom stereocenters. The molecular weight excluding hydrogens is 310 g/mol. The minimum Gasteiger partial charge on any atom is -0.371 e. The van der Waals surface area contributed by atoms with Gasteiger partial charge in [0.2, 0.25) is 5.91 Å². The molecule has 24 heavy (non-hydrogen) atoms. The second-order valence-corrected chi connectivity index (χ2v) is 7.16. The lowest BCUT2D eigenvalue weighted by Crippen LogP contribution is -2.47. The Kier molecular flexibility index (Phi) is 5.22. The zero-order valence-corrected chi connectivity index (χ0v) is 14.8. The Morgan fingerprint density at radius 1 is 1.54 bits per heavy atom. The zero-order valence-electron chi connectivity index (χ0n) is 14.8. The van der Waals surface area contributed by atoms with Gasteiger partial charge in [0.15, 0.2) is 0 Å². The highest BCUT2D eigenvalue weighted by Crippen LogP contribution is 2.36. The van der Waals surface area contributed by atoms with Crippen LogP contribution in [0.15, 0.2) is 10.6 Å². The van der Waals surface area contributed by atoms with Crippen molar-refractivity contribution in [3.63, 3.8) is 0 Å². The maximum absolute atomic E-state index is 11.7.